The van der Waals surface area contributed by atoms with E-state index < -0.39 is 21.6 Å². The van der Waals surface area contributed by atoms with E-state index in [4.69, 9.17) is 11.6 Å². The monoisotopic (exact) mass is 338 g/mol. The maximum atomic E-state index is 12.1. The van der Waals surface area contributed by atoms with Crippen molar-refractivity contribution in [2.45, 2.75) is 4.90 Å². The zero-order valence-corrected chi connectivity index (χ0v) is 13.0. The highest BCUT2D eigenvalue weighted by Crippen LogP contribution is 2.25. The summed E-state index contributed by atoms with van der Waals surface area (Å²) in [7, 11) is -1.16. The van der Waals surface area contributed by atoms with Gasteiger partial charge in [-0.3, -0.25) is 19.1 Å². The SMILES string of the molecule is CS(=O)c1cccc(NC(=O)c2ccc([N+](=O)[O-])c(Cl)c2)c1. The number of nitro benzene ring substituents is 1. The molecular formula is C14H11ClN2O4S. The van der Waals surface area contributed by atoms with Gasteiger partial charge in [0, 0.05) is 39.3 Å². The summed E-state index contributed by atoms with van der Waals surface area (Å²) in [5.41, 5.74) is 0.410. The molecule has 0 aliphatic heterocycles. The van der Waals surface area contributed by atoms with Gasteiger partial charge in [0.05, 0.1) is 4.92 Å². The molecule has 8 heteroatoms. The second-order valence-electron chi connectivity index (χ2n) is 4.36. The molecule has 0 heterocycles. The lowest BCUT2D eigenvalue weighted by Gasteiger charge is -2.07. The highest BCUT2D eigenvalue weighted by molar-refractivity contribution is 7.84. The number of hydrogen-bond acceptors (Lipinski definition) is 4. The summed E-state index contributed by atoms with van der Waals surface area (Å²) >= 11 is 5.78. The van der Waals surface area contributed by atoms with Crippen LogP contribution in [0.1, 0.15) is 10.4 Å². The number of hydrogen-bond donors (Lipinski definition) is 1. The Kier molecular flexibility index (Phi) is 4.89. The minimum atomic E-state index is -1.16. The van der Waals surface area contributed by atoms with E-state index in [1.165, 1.54) is 24.5 Å². The zero-order chi connectivity index (χ0) is 16.3. The van der Waals surface area contributed by atoms with Crippen molar-refractivity contribution in [2.24, 2.45) is 0 Å². The lowest BCUT2D eigenvalue weighted by Crippen LogP contribution is -2.12. The fourth-order valence-corrected chi connectivity index (χ4v) is 2.56. The Morgan fingerprint density at radius 3 is 2.59 bits per heavy atom. The van der Waals surface area contributed by atoms with E-state index in [1.807, 2.05) is 0 Å². The topological polar surface area (TPSA) is 89.3 Å². The number of carbonyl (C=O) groups is 1. The maximum Gasteiger partial charge on any atom is 0.287 e. The number of rotatable bonds is 4. The minimum absolute atomic E-state index is 0.110. The molecule has 1 amide bonds. The van der Waals surface area contributed by atoms with Gasteiger partial charge in [-0.1, -0.05) is 17.7 Å². The molecule has 0 saturated carbocycles. The van der Waals surface area contributed by atoms with Crippen molar-refractivity contribution in [1.29, 1.82) is 0 Å². The summed E-state index contributed by atoms with van der Waals surface area (Å²) < 4.78 is 11.4. The molecule has 0 aliphatic rings. The first-order valence-electron chi connectivity index (χ1n) is 6.07. The van der Waals surface area contributed by atoms with Crippen LogP contribution in [0.15, 0.2) is 47.4 Å². The van der Waals surface area contributed by atoms with Gasteiger partial charge in [0.2, 0.25) is 0 Å². The highest BCUT2D eigenvalue weighted by atomic mass is 35.5. The van der Waals surface area contributed by atoms with E-state index in [9.17, 15) is 19.1 Å². The molecule has 6 nitrogen and oxygen atoms in total. The molecule has 0 saturated heterocycles. The molecule has 0 aliphatic carbocycles. The summed E-state index contributed by atoms with van der Waals surface area (Å²) in [5, 5.41) is 13.2. The summed E-state index contributed by atoms with van der Waals surface area (Å²) in [6, 6.07) is 10.3. The summed E-state index contributed by atoms with van der Waals surface area (Å²) in [4.78, 5) is 22.8. The zero-order valence-electron chi connectivity index (χ0n) is 11.4. The lowest BCUT2D eigenvalue weighted by molar-refractivity contribution is -0.384. The highest BCUT2D eigenvalue weighted by Gasteiger charge is 2.15. The number of amides is 1. The minimum Gasteiger partial charge on any atom is -0.322 e. The first kappa shape index (κ1) is 16.1. The molecule has 0 bridgehead atoms. The fourth-order valence-electron chi connectivity index (χ4n) is 1.75. The van der Waals surface area contributed by atoms with Crippen LogP contribution >= 0.6 is 11.6 Å². The molecule has 2 aromatic rings. The Balaban J connectivity index is 2.22. The molecule has 0 aromatic heterocycles. The van der Waals surface area contributed by atoms with Gasteiger partial charge in [-0.15, -0.1) is 0 Å². The Hall–Kier alpha value is -2.25. The van der Waals surface area contributed by atoms with Gasteiger partial charge in [-0.2, -0.15) is 0 Å². The van der Waals surface area contributed by atoms with Gasteiger partial charge in [-0.05, 0) is 30.3 Å². The number of nitro groups is 1. The third-order valence-corrected chi connectivity index (χ3v) is 4.05. The molecule has 2 aromatic carbocycles. The van der Waals surface area contributed by atoms with Crippen molar-refractivity contribution in [3.8, 4) is 0 Å². The summed E-state index contributed by atoms with van der Waals surface area (Å²) in [6.45, 7) is 0. The van der Waals surface area contributed by atoms with Crippen LogP contribution in [-0.2, 0) is 10.8 Å². The van der Waals surface area contributed by atoms with Crippen LogP contribution in [0.2, 0.25) is 5.02 Å². The molecular weight excluding hydrogens is 328 g/mol. The van der Waals surface area contributed by atoms with Crippen molar-refractivity contribution in [3.63, 3.8) is 0 Å². The van der Waals surface area contributed by atoms with Crippen molar-refractivity contribution in [1.82, 2.24) is 0 Å². The normalized spacial score (nSPS) is 11.7. The Labute approximate surface area is 133 Å². The van der Waals surface area contributed by atoms with Crippen molar-refractivity contribution < 1.29 is 13.9 Å². The van der Waals surface area contributed by atoms with E-state index in [-0.39, 0.29) is 16.3 Å². The van der Waals surface area contributed by atoms with Crippen LogP contribution in [-0.4, -0.2) is 21.3 Å². The van der Waals surface area contributed by atoms with E-state index in [0.717, 1.165) is 0 Å². The Morgan fingerprint density at radius 2 is 2.00 bits per heavy atom. The maximum absolute atomic E-state index is 12.1. The third kappa shape index (κ3) is 3.69. The third-order valence-electron chi connectivity index (χ3n) is 2.83. The van der Waals surface area contributed by atoms with Crippen LogP contribution in [0.5, 0.6) is 0 Å². The lowest BCUT2D eigenvalue weighted by atomic mass is 10.2. The quantitative estimate of drug-likeness (QED) is 0.684. The second kappa shape index (κ2) is 6.67. The van der Waals surface area contributed by atoms with Crippen LogP contribution < -0.4 is 5.32 Å². The van der Waals surface area contributed by atoms with E-state index in [2.05, 4.69) is 5.32 Å². The molecule has 1 unspecified atom stereocenters. The number of carbonyl (C=O) groups excluding carboxylic acids is 1. The number of halogens is 1. The Bertz CT molecular complexity index is 779. The average molecular weight is 339 g/mol. The first-order valence-corrected chi connectivity index (χ1v) is 8.01. The fraction of sp³-hybridized carbons (Fsp3) is 0.0714. The van der Waals surface area contributed by atoms with Crippen LogP contribution in [0, 0.1) is 10.1 Å². The van der Waals surface area contributed by atoms with Crippen LogP contribution in [0.25, 0.3) is 0 Å². The number of nitrogens with one attached hydrogen (secondary N) is 1. The Morgan fingerprint density at radius 1 is 1.27 bits per heavy atom. The van der Waals surface area contributed by atoms with Crippen LogP contribution in [0.4, 0.5) is 11.4 Å². The molecule has 0 spiro atoms. The van der Waals surface area contributed by atoms with E-state index in [1.54, 1.807) is 24.3 Å². The molecule has 22 heavy (non-hydrogen) atoms. The molecule has 1 N–H and O–H groups in total. The van der Waals surface area contributed by atoms with Crippen LogP contribution in [0.3, 0.4) is 0 Å². The number of nitrogens with zero attached hydrogens (tertiary/aromatic N) is 1. The second-order valence-corrected chi connectivity index (χ2v) is 6.15. The summed E-state index contributed by atoms with van der Waals surface area (Å²) in [5.74, 6) is -0.462. The predicted octanol–water partition coefficient (Wildman–Crippen LogP) is 3.24. The molecule has 2 rings (SSSR count). The van der Waals surface area contributed by atoms with Gasteiger partial charge < -0.3 is 5.32 Å². The van der Waals surface area contributed by atoms with Crippen molar-refractivity contribution >= 4 is 39.7 Å². The van der Waals surface area contributed by atoms with Crippen molar-refractivity contribution in [2.75, 3.05) is 11.6 Å². The molecule has 0 fully saturated rings. The molecule has 1 atom stereocenters. The smallest absolute Gasteiger partial charge is 0.287 e. The van der Waals surface area contributed by atoms with Gasteiger partial charge in [0.1, 0.15) is 5.02 Å². The van der Waals surface area contributed by atoms with E-state index in [0.29, 0.717) is 10.6 Å². The number of benzene rings is 2. The largest absolute Gasteiger partial charge is 0.322 e. The van der Waals surface area contributed by atoms with Gasteiger partial charge in [-0.25, -0.2) is 0 Å². The number of anilines is 1. The molecule has 0 radical (unpaired) electrons. The van der Waals surface area contributed by atoms with E-state index >= 15 is 0 Å². The summed E-state index contributed by atoms with van der Waals surface area (Å²) in [6.07, 6.45) is 1.54. The van der Waals surface area contributed by atoms with Gasteiger partial charge in [0.15, 0.2) is 0 Å². The molecule has 114 valence electrons. The predicted molar refractivity (Wildman–Crippen MR) is 84.8 cm³/mol. The average Bonchev–Trinajstić information content (AvgIpc) is 2.46. The van der Waals surface area contributed by atoms with Crippen molar-refractivity contribution in [3.05, 3.63) is 63.2 Å². The van der Waals surface area contributed by atoms with Gasteiger partial charge in [0.25, 0.3) is 11.6 Å². The van der Waals surface area contributed by atoms with Gasteiger partial charge >= 0.3 is 0 Å². The standard InChI is InChI=1S/C14H11ClN2O4S/c1-22(21)11-4-2-3-10(8-11)16-14(18)9-5-6-13(17(19)20)12(15)7-9/h2-8H,1H3,(H,16,18). The first-order chi connectivity index (χ1) is 10.4.